The Balaban J connectivity index is 2.66. The van der Waals surface area contributed by atoms with Crippen molar-refractivity contribution >= 4 is 15.6 Å². The van der Waals surface area contributed by atoms with Gasteiger partial charge in [-0.25, -0.2) is 8.93 Å². The van der Waals surface area contributed by atoms with Gasteiger partial charge in [0.15, 0.2) is 0 Å². The summed E-state index contributed by atoms with van der Waals surface area (Å²) in [4.78, 5) is 0.738. The molecule has 0 saturated carbocycles. The average molecular weight is 249 g/mol. The van der Waals surface area contributed by atoms with Gasteiger partial charge in [0.2, 0.25) is 0 Å². The maximum Gasteiger partial charge on any atom is 0.0536 e. The van der Waals surface area contributed by atoms with E-state index in [1.54, 1.807) is 0 Å². The van der Waals surface area contributed by atoms with E-state index in [1.807, 2.05) is 62.4 Å². The minimum atomic E-state index is -2.39. The Morgan fingerprint density at radius 3 is 2.53 bits per heavy atom. The smallest absolute Gasteiger partial charge is 0.0536 e. The predicted molar refractivity (Wildman–Crippen MR) is 76.7 cm³/mol. The fourth-order valence-electron chi connectivity index (χ4n) is 1.28. The summed E-state index contributed by atoms with van der Waals surface area (Å²) >= 11 is 0. The molecule has 0 heterocycles. The number of hydrogen-bond acceptors (Lipinski definition) is 1. The van der Waals surface area contributed by atoms with Crippen molar-refractivity contribution in [2.75, 3.05) is 6.54 Å². The molecule has 0 saturated heterocycles. The molecule has 0 aliphatic rings. The van der Waals surface area contributed by atoms with Crippen LogP contribution in [0, 0.1) is 6.92 Å². The summed E-state index contributed by atoms with van der Waals surface area (Å²) in [5.41, 5.74) is 1.15. The van der Waals surface area contributed by atoms with Crippen LogP contribution in [0.1, 0.15) is 12.5 Å². The third-order valence-electron chi connectivity index (χ3n) is 2.28. The van der Waals surface area contributed by atoms with Crippen molar-refractivity contribution < 1.29 is 4.21 Å². The molecule has 1 rings (SSSR count). The Bertz CT molecular complexity index is 496. The van der Waals surface area contributed by atoms with E-state index in [0.29, 0.717) is 6.54 Å². The summed E-state index contributed by atoms with van der Waals surface area (Å²) in [6, 6.07) is 7.59. The molecule has 0 radical (unpaired) electrons. The second-order valence-corrected chi connectivity index (χ2v) is 5.90. The third-order valence-corrected chi connectivity index (χ3v) is 3.94. The van der Waals surface area contributed by atoms with Gasteiger partial charge in [-0.15, -0.1) is 0 Å². The lowest BCUT2D eigenvalue weighted by Gasteiger charge is -2.09. The molecule has 0 aliphatic carbocycles. The molecule has 0 amide bonds. The SMILES string of the molecule is C=S(=O)(NC/C=C\C=C/C)c1ccc(C)cc1. The largest absolute Gasteiger partial charge is 0.248 e. The molecular formula is C14H19NOS. The molecule has 0 spiro atoms. The van der Waals surface area contributed by atoms with Crippen molar-refractivity contribution in [3.05, 3.63) is 54.1 Å². The molecule has 1 aromatic rings. The zero-order valence-electron chi connectivity index (χ0n) is 10.3. The monoisotopic (exact) mass is 249 g/mol. The van der Waals surface area contributed by atoms with Crippen molar-refractivity contribution in [3.8, 4) is 0 Å². The molecule has 92 valence electrons. The zero-order chi connectivity index (χ0) is 12.7. The minimum absolute atomic E-state index is 0.542. The first-order valence-electron chi connectivity index (χ1n) is 5.52. The van der Waals surface area contributed by atoms with Crippen LogP contribution in [-0.4, -0.2) is 16.6 Å². The van der Waals surface area contributed by atoms with Crippen LogP contribution in [0.5, 0.6) is 0 Å². The van der Waals surface area contributed by atoms with Gasteiger partial charge in [-0.1, -0.05) is 42.0 Å². The van der Waals surface area contributed by atoms with E-state index in [2.05, 4.69) is 10.6 Å². The molecule has 3 heteroatoms. The van der Waals surface area contributed by atoms with Crippen LogP contribution in [0.3, 0.4) is 0 Å². The maximum atomic E-state index is 12.3. The lowest BCUT2D eigenvalue weighted by Crippen LogP contribution is -2.23. The molecule has 1 atom stereocenters. The van der Waals surface area contributed by atoms with Gasteiger partial charge in [-0.3, -0.25) is 0 Å². The van der Waals surface area contributed by atoms with E-state index >= 15 is 0 Å². The van der Waals surface area contributed by atoms with Crippen LogP contribution in [0.25, 0.3) is 0 Å². The lowest BCUT2D eigenvalue weighted by atomic mass is 10.2. The van der Waals surface area contributed by atoms with E-state index in [-0.39, 0.29) is 0 Å². The van der Waals surface area contributed by atoms with Crippen LogP contribution < -0.4 is 4.72 Å². The van der Waals surface area contributed by atoms with Crippen LogP contribution >= 0.6 is 0 Å². The van der Waals surface area contributed by atoms with Crippen molar-refractivity contribution in [3.63, 3.8) is 0 Å². The highest BCUT2D eigenvalue weighted by atomic mass is 32.2. The van der Waals surface area contributed by atoms with Crippen molar-refractivity contribution in [1.29, 1.82) is 0 Å². The Hall–Kier alpha value is -1.32. The third kappa shape index (κ3) is 4.59. The van der Waals surface area contributed by atoms with Crippen molar-refractivity contribution in [2.45, 2.75) is 18.7 Å². The predicted octanol–water partition coefficient (Wildman–Crippen LogP) is 2.71. The number of aryl methyl sites for hydroxylation is 1. The molecule has 1 aromatic carbocycles. The van der Waals surface area contributed by atoms with Crippen LogP contribution in [-0.2, 0) is 9.71 Å². The summed E-state index contributed by atoms with van der Waals surface area (Å²) in [7, 11) is -2.39. The average Bonchev–Trinajstić information content (AvgIpc) is 2.29. The highest BCUT2D eigenvalue weighted by Crippen LogP contribution is 2.09. The fourth-order valence-corrected chi connectivity index (χ4v) is 2.39. The van der Waals surface area contributed by atoms with Crippen molar-refractivity contribution in [1.82, 2.24) is 4.72 Å². The second-order valence-electron chi connectivity index (χ2n) is 3.79. The Labute approximate surface area is 104 Å². The van der Waals surface area contributed by atoms with Gasteiger partial charge in [0, 0.05) is 11.4 Å². The van der Waals surface area contributed by atoms with E-state index in [9.17, 15) is 4.21 Å². The van der Waals surface area contributed by atoms with Gasteiger partial charge >= 0.3 is 0 Å². The van der Waals surface area contributed by atoms with E-state index in [4.69, 9.17) is 0 Å². The van der Waals surface area contributed by atoms with Crippen LogP contribution in [0.2, 0.25) is 0 Å². The highest BCUT2D eigenvalue weighted by Gasteiger charge is 2.04. The van der Waals surface area contributed by atoms with E-state index in [1.165, 1.54) is 0 Å². The molecule has 0 aromatic heterocycles. The fraction of sp³-hybridized carbons (Fsp3) is 0.214. The van der Waals surface area contributed by atoms with Crippen molar-refractivity contribution in [2.24, 2.45) is 0 Å². The molecule has 0 aliphatic heterocycles. The first-order chi connectivity index (χ1) is 8.06. The Morgan fingerprint density at radius 2 is 1.94 bits per heavy atom. The number of hydrogen-bond donors (Lipinski definition) is 1. The Kier molecular flexibility index (Phi) is 5.19. The molecule has 1 unspecified atom stereocenters. The molecule has 0 fully saturated rings. The number of rotatable bonds is 5. The molecule has 17 heavy (non-hydrogen) atoms. The van der Waals surface area contributed by atoms with Crippen LogP contribution in [0.15, 0.2) is 53.5 Å². The molecule has 1 N–H and O–H groups in total. The van der Waals surface area contributed by atoms with Gasteiger partial charge in [0.25, 0.3) is 0 Å². The number of nitrogens with one attached hydrogen (secondary N) is 1. The number of benzene rings is 1. The molecular weight excluding hydrogens is 230 g/mol. The zero-order valence-corrected chi connectivity index (χ0v) is 11.2. The van der Waals surface area contributed by atoms with Gasteiger partial charge in [-0.2, -0.15) is 0 Å². The van der Waals surface area contributed by atoms with Gasteiger partial charge < -0.3 is 0 Å². The first kappa shape index (κ1) is 13.7. The quantitative estimate of drug-likeness (QED) is 0.631. The first-order valence-corrected chi connectivity index (χ1v) is 7.25. The summed E-state index contributed by atoms with van der Waals surface area (Å²) in [5.74, 6) is 3.75. The normalized spacial score (nSPS) is 15.4. The van der Waals surface area contributed by atoms with Gasteiger partial charge in [-0.05, 0) is 31.9 Å². The highest BCUT2D eigenvalue weighted by molar-refractivity contribution is 7.98. The summed E-state index contributed by atoms with van der Waals surface area (Å²) in [6.07, 6.45) is 7.70. The molecule has 0 bridgehead atoms. The lowest BCUT2D eigenvalue weighted by molar-refractivity contribution is 0.673. The van der Waals surface area contributed by atoms with Crippen LogP contribution in [0.4, 0.5) is 0 Å². The number of allylic oxidation sites excluding steroid dienone is 3. The molecule has 2 nitrogen and oxygen atoms in total. The van der Waals surface area contributed by atoms with Gasteiger partial charge in [0.05, 0.1) is 9.71 Å². The maximum absolute atomic E-state index is 12.3. The summed E-state index contributed by atoms with van der Waals surface area (Å²) in [5, 5.41) is 0. The summed E-state index contributed by atoms with van der Waals surface area (Å²) in [6.45, 7) is 4.50. The van der Waals surface area contributed by atoms with E-state index < -0.39 is 9.71 Å². The van der Waals surface area contributed by atoms with Gasteiger partial charge in [0.1, 0.15) is 0 Å². The van der Waals surface area contributed by atoms with E-state index in [0.717, 1.165) is 10.5 Å². The summed E-state index contributed by atoms with van der Waals surface area (Å²) < 4.78 is 15.2. The second kappa shape index (κ2) is 6.42. The Morgan fingerprint density at radius 1 is 1.29 bits per heavy atom. The minimum Gasteiger partial charge on any atom is -0.248 e. The topological polar surface area (TPSA) is 29.1 Å². The standard InChI is InChI=1S/C14H19NOS/c1-4-5-6-7-12-15-17(3,16)14-10-8-13(2)9-11-14/h4-11H,3,12H2,1-2H3,(H,15,16)/b5-4-,7-6-.